The molecular formula is C12H22N2O3S. The zero-order valence-electron chi connectivity index (χ0n) is 10.9. The molecule has 0 aromatic rings. The van der Waals surface area contributed by atoms with Crippen molar-refractivity contribution < 1.29 is 13.2 Å². The van der Waals surface area contributed by atoms with E-state index in [2.05, 4.69) is 12.2 Å². The van der Waals surface area contributed by atoms with Crippen molar-refractivity contribution in [1.29, 1.82) is 0 Å². The van der Waals surface area contributed by atoms with Crippen molar-refractivity contribution in [3.05, 3.63) is 0 Å². The summed E-state index contributed by atoms with van der Waals surface area (Å²) in [5.41, 5.74) is 0. The molecule has 0 radical (unpaired) electrons. The van der Waals surface area contributed by atoms with E-state index in [1.807, 2.05) is 0 Å². The first-order valence-corrected chi connectivity index (χ1v) is 8.54. The van der Waals surface area contributed by atoms with Gasteiger partial charge in [0.25, 0.3) is 0 Å². The average Bonchev–Trinajstić information content (AvgIpc) is 2.28. The second-order valence-corrected chi connectivity index (χ2v) is 7.80. The molecule has 0 aromatic carbocycles. The van der Waals surface area contributed by atoms with Crippen LogP contribution in [0.4, 0.5) is 4.79 Å². The van der Waals surface area contributed by atoms with Crippen LogP contribution in [0.15, 0.2) is 0 Å². The second kappa shape index (κ2) is 5.47. The standard InChI is InChI=1S/C12H22N2O3S/c1-10-4-6-14(7-5-10)12(15)13-11-3-2-8-18(16,17)9-11/h10-11H,2-9H2,1H3,(H,13,15). The molecule has 104 valence electrons. The molecule has 6 heteroatoms. The first-order chi connectivity index (χ1) is 8.46. The molecule has 1 atom stereocenters. The molecule has 2 aliphatic rings. The Morgan fingerprint density at radius 1 is 1.22 bits per heavy atom. The Morgan fingerprint density at radius 3 is 2.50 bits per heavy atom. The summed E-state index contributed by atoms with van der Waals surface area (Å²) in [6.07, 6.45) is 3.51. The highest BCUT2D eigenvalue weighted by molar-refractivity contribution is 7.91. The normalized spacial score (nSPS) is 28.9. The molecule has 0 aliphatic carbocycles. The quantitative estimate of drug-likeness (QED) is 0.776. The number of hydrogen-bond acceptors (Lipinski definition) is 3. The predicted molar refractivity (Wildman–Crippen MR) is 70.2 cm³/mol. The molecule has 2 amide bonds. The summed E-state index contributed by atoms with van der Waals surface area (Å²) in [5.74, 6) is 1.05. The fraction of sp³-hybridized carbons (Fsp3) is 0.917. The number of amides is 2. The summed E-state index contributed by atoms with van der Waals surface area (Å²) in [5, 5.41) is 2.87. The molecule has 0 bridgehead atoms. The third-order valence-electron chi connectivity index (χ3n) is 3.86. The highest BCUT2D eigenvalue weighted by atomic mass is 32.2. The van der Waals surface area contributed by atoms with Crippen LogP contribution in [0.1, 0.15) is 32.6 Å². The maximum Gasteiger partial charge on any atom is 0.317 e. The first-order valence-electron chi connectivity index (χ1n) is 6.72. The average molecular weight is 274 g/mol. The fourth-order valence-electron chi connectivity index (χ4n) is 2.61. The van der Waals surface area contributed by atoms with Gasteiger partial charge in [-0.2, -0.15) is 0 Å². The molecule has 2 aliphatic heterocycles. The molecule has 0 spiro atoms. The van der Waals surface area contributed by atoms with E-state index in [-0.39, 0.29) is 23.6 Å². The van der Waals surface area contributed by atoms with Gasteiger partial charge in [0, 0.05) is 19.1 Å². The van der Waals surface area contributed by atoms with Gasteiger partial charge in [-0.3, -0.25) is 0 Å². The van der Waals surface area contributed by atoms with Crippen LogP contribution in [-0.2, 0) is 9.84 Å². The van der Waals surface area contributed by atoms with E-state index in [0.717, 1.165) is 32.4 Å². The number of sulfone groups is 1. The second-order valence-electron chi connectivity index (χ2n) is 5.57. The fourth-order valence-corrected chi connectivity index (χ4v) is 4.25. The van der Waals surface area contributed by atoms with Crippen LogP contribution in [0, 0.1) is 5.92 Å². The van der Waals surface area contributed by atoms with E-state index >= 15 is 0 Å². The lowest BCUT2D eigenvalue weighted by atomic mass is 10.00. The number of carbonyl (C=O) groups excluding carboxylic acids is 1. The number of urea groups is 1. The van der Waals surface area contributed by atoms with Gasteiger partial charge in [-0.1, -0.05) is 6.92 Å². The van der Waals surface area contributed by atoms with Crippen LogP contribution in [0.3, 0.4) is 0 Å². The summed E-state index contributed by atoms with van der Waals surface area (Å²) in [6, 6.07) is -0.292. The van der Waals surface area contributed by atoms with E-state index < -0.39 is 9.84 Å². The summed E-state index contributed by atoms with van der Waals surface area (Å²) in [7, 11) is -2.95. The minimum Gasteiger partial charge on any atom is -0.334 e. The van der Waals surface area contributed by atoms with Gasteiger partial charge in [0.15, 0.2) is 9.84 Å². The highest BCUT2D eigenvalue weighted by Gasteiger charge is 2.28. The van der Waals surface area contributed by atoms with Gasteiger partial charge in [0.05, 0.1) is 11.5 Å². The lowest BCUT2D eigenvalue weighted by molar-refractivity contribution is 0.170. The molecule has 5 nitrogen and oxygen atoms in total. The van der Waals surface area contributed by atoms with Gasteiger partial charge in [0.2, 0.25) is 0 Å². The molecule has 0 saturated carbocycles. The van der Waals surface area contributed by atoms with Crippen LogP contribution in [0.25, 0.3) is 0 Å². The highest BCUT2D eigenvalue weighted by Crippen LogP contribution is 2.17. The Morgan fingerprint density at radius 2 is 1.89 bits per heavy atom. The lowest BCUT2D eigenvalue weighted by Gasteiger charge is -2.32. The number of nitrogens with zero attached hydrogens (tertiary/aromatic N) is 1. The van der Waals surface area contributed by atoms with Crippen LogP contribution in [-0.4, -0.2) is 50.0 Å². The van der Waals surface area contributed by atoms with Crippen LogP contribution >= 0.6 is 0 Å². The Hall–Kier alpha value is -0.780. The summed E-state index contributed by atoms with van der Waals surface area (Å²) in [6.45, 7) is 3.77. The smallest absolute Gasteiger partial charge is 0.317 e. The molecule has 18 heavy (non-hydrogen) atoms. The Kier molecular flexibility index (Phi) is 4.14. The first kappa shape index (κ1) is 13.6. The van der Waals surface area contributed by atoms with Crippen molar-refractivity contribution in [2.24, 2.45) is 5.92 Å². The molecule has 0 aromatic heterocycles. The van der Waals surface area contributed by atoms with E-state index in [1.54, 1.807) is 4.90 Å². The van der Waals surface area contributed by atoms with E-state index in [0.29, 0.717) is 12.3 Å². The maximum absolute atomic E-state index is 12.0. The van der Waals surface area contributed by atoms with Crippen molar-refractivity contribution in [3.8, 4) is 0 Å². The molecular weight excluding hydrogens is 252 g/mol. The Balaban J connectivity index is 1.84. The number of nitrogens with one attached hydrogen (secondary N) is 1. The molecule has 2 saturated heterocycles. The summed E-state index contributed by atoms with van der Waals surface area (Å²) < 4.78 is 23.0. The van der Waals surface area contributed by atoms with Crippen LogP contribution in [0.5, 0.6) is 0 Å². The lowest BCUT2D eigenvalue weighted by Crippen LogP contribution is -2.50. The molecule has 2 heterocycles. The van der Waals surface area contributed by atoms with E-state index in [1.165, 1.54) is 0 Å². The zero-order chi connectivity index (χ0) is 13.2. The number of hydrogen-bond donors (Lipinski definition) is 1. The van der Waals surface area contributed by atoms with Gasteiger partial charge in [-0.05, 0) is 31.6 Å². The summed E-state index contributed by atoms with van der Waals surface area (Å²) >= 11 is 0. The number of piperidine rings is 1. The monoisotopic (exact) mass is 274 g/mol. The van der Waals surface area contributed by atoms with Crippen LogP contribution < -0.4 is 5.32 Å². The molecule has 1 unspecified atom stereocenters. The van der Waals surface area contributed by atoms with Crippen molar-refractivity contribution >= 4 is 15.9 Å². The van der Waals surface area contributed by atoms with Crippen molar-refractivity contribution in [2.45, 2.75) is 38.6 Å². The van der Waals surface area contributed by atoms with Gasteiger partial charge in [0.1, 0.15) is 0 Å². The topological polar surface area (TPSA) is 66.5 Å². The van der Waals surface area contributed by atoms with Gasteiger partial charge in [-0.15, -0.1) is 0 Å². The maximum atomic E-state index is 12.0. The number of carbonyl (C=O) groups is 1. The predicted octanol–water partition coefficient (Wildman–Crippen LogP) is 1.01. The third-order valence-corrected chi connectivity index (χ3v) is 5.68. The van der Waals surface area contributed by atoms with Gasteiger partial charge >= 0.3 is 6.03 Å². The third kappa shape index (κ3) is 3.60. The number of rotatable bonds is 1. The van der Waals surface area contributed by atoms with Crippen LogP contribution in [0.2, 0.25) is 0 Å². The van der Waals surface area contributed by atoms with Gasteiger partial charge < -0.3 is 10.2 Å². The number of likely N-dealkylation sites (tertiary alicyclic amines) is 1. The molecule has 2 rings (SSSR count). The largest absolute Gasteiger partial charge is 0.334 e. The molecule has 1 N–H and O–H groups in total. The minimum atomic E-state index is -2.95. The molecule has 2 fully saturated rings. The zero-order valence-corrected chi connectivity index (χ0v) is 11.7. The summed E-state index contributed by atoms with van der Waals surface area (Å²) in [4.78, 5) is 13.8. The Labute approximate surface area is 109 Å². The minimum absolute atomic E-state index is 0.0935. The van der Waals surface area contributed by atoms with Gasteiger partial charge in [-0.25, -0.2) is 13.2 Å². The van der Waals surface area contributed by atoms with Crippen molar-refractivity contribution in [2.75, 3.05) is 24.6 Å². The Bertz CT molecular complexity index is 400. The SMILES string of the molecule is CC1CCN(C(=O)NC2CCCS(=O)(=O)C2)CC1. The van der Waals surface area contributed by atoms with E-state index in [4.69, 9.17) is 0 Å². The van der Waals surface area contributed by atoms with Crippen molar-refractivity contribution in [1.82, 2.24) is 10.2 Å². The van der Waals surface area contributed by atoms with Crippen molar-refractivity contribution in [3.63, 3.8) is 0 Å². The van der Waals surface area contributed by atoms with E-state index in [9.17, 15) is 13.2 Å².